The van der Waals surface area contributed by atoms with Crippen LogP contribution in [0.5, 0.6) is 0 Å². The first kappa shape index (κ1) is 19.1. The lowest BCUT2D eigenvalue weighted by atomic mass is 9.88. The Morgan fingerprint density at radius 1 is 1.18 bits per heavy atom. The molecule has 1 saturated heterocycles. The molecule has 2 amide bonds. The lowest BCUT2D eigenvalue weighted by Crippen LogP contribution is -2.42. The van der Waals surface area contributed by atoms with E-state index in [2.05, 4.69) is 17.2 Å². The number of carbonyl (C=O) groups is 2. The first-order chi connectivity index (χ1) is 13.5. The van der Waals surface area contributed by atoms with Crippen LogP contribution in [0.3, 0.4) is 0 Å². The Morgan fingerprint density at radius 2 is 1.96 bits per heavy atom. The molecule has 2 heterocycles. The molecule has 1 aromatic carbocycles. The maximum atomic E-state index is 13.1. The number of amides is 2. The van der Waals surface area contributed by atoms with E-state index >= 15 is 0 Å². The molecular weight excluding hydrogens is 370 g/mol. The van der Waals surface area contributed by atoms with Crippen LogP contribution in [0.15, 0.2) is 24.3 Å². The maximum absolute atomic E-state index is 13.1. The Bertz CT molecular complexity index is 874. The topological polar surface area (TPSA) is 62.3 Å². The van der Waals surface area contributed by atoms with Gasteiger partial charge in [-0.25, -0.2) is 4.98 Å². The predicted octanol–water partition coefficient (Wildman–Crippen LogP) is 4.38. The Morgan fingerprint density at radius 3 is 2.71 bits per heavy atom. The van der Waals surface area contributed by atoms with Crippen molar-refractivity contribution in [3.63, 3.8) is 0 Å². The summed E-state index contributed by atoms with van der Waals surface area (Å²) in [5, 5.41) is 3.52. The molecule has 28 heavy (non-hydrogen) atoms. The fourth-order valence-corrected chi connectivity index (χ4v) is 5.26. The van der Waals surface area contributed by atoms with Crippen LogP contribution >= 0.6 is 11.3 Å². The van der Waals surface area contributed by atoms with Crippen molar-refractivity contribution in [1.82, 2.24) is 9.88 Å². The van der Waals surface area contributed by atoms with Crippen LogP contribution in [0.1, 0.15) is 65.0 Å². The van der Waals surface area contributed by atoms with E-state index in [0.29, 0.717) is 16.6 Å². The van der Waals surface area contributed by atoms with Crippen LogP contribution in [0.4, 0.5) is 5.13 Å². The number of carbonyl (C=O) groups excluding carboxylic acids is 2. The molecular formula is C22H27N3O2S. The van der Waals surface area contributed by atoms with Crippen molar-refractivity contribution >= 4 is 28.3 Å². The van der Waals surface area contributed by atoms with E-state index in [-0.39, 0.29) is 17.7 Å². The van der Waals surface area contributed by atoms with Crippen LogP contribution in [0.25, 0.3) is 0 Å². The Balaban J connectivity index is 1.50. The lowest BCUT2D eigenvalue weighted by molar-refractivity contribution is -0.135. The molecule has 4 rings (SSSR count). The molecule has 1 fully saturated rings. The van der Waals surface area contributed by atoms with Crippen molar-refractivity contribution in [3.05, 3.63) is 46.0 Å². The first-order valence-electron chi connectivity index (χ1n) is 10.2. The molecule has 1 aliphatic carbocycles. The van der Waals surface area contributed by atoms with Gasteiger partial charge in [0.2, 0.25) is 5.91 Å². The first-order valence-corrected chi connectivity index (χ1v) is 11.0. The predicted molar refractivity (Wildman–Crippen MR) is 112 cm³/mol. The highest BCUT2D eigenvalue weighted by atomic mass is 32.1. The van der Waals surface area contributed by atoms with E-state index in [1.165, 1.54) is 17.8 Å². The average Bonchev–Trinajstić information content (AvgIpc) is 3.10. The van der Waals surface area contributed by atoms with Crippen molar-refractivity contribution in [2.45, 2.75) is 51.9 Å². The van der Waals surface area contributed by atoms with E-state index in [9.17, 15) is 9.59 Å². The van der Waals surface area contributed by atoms with Crippen LogP contribution in [-0.4, -0.2) is 34.8 Å². The standard InChI is InChI=1S/C22H27N3O2S/c1-14-8-10-16(11-9-14)20(26)24-22-23-19-17(6-3-7-18(19)28-22)21(27)25-12-4-5-15(2)13-25/h8-11,15,17H,3-7,12-13H2,1-2H3,(H,23,24,26). The van der Waals surface area contributed by atoms with Gasteiger partial charge in [-0.3, -0.25) is 14.9 Å². The number of fused-ring (bicyclic) bond motifs is 1. The van der Waals surface area contributed by atoms with Crippen LogP contribution in [0, 0.1) is 12.8 Å². The third-order valence-electron chi connectivity index (χ3n) is 5.76. The molecule has 0 spiro atoms. The van der Waals surface area contributed by atoms with Gasteiger partial charge in [0.15, 0.2) is 5.13 Å². The Hall–Kier alpha value is -2.21. The van der Waals surface area contributed by atoms with Crippen molar-refractivity contribution in [3.8, 4) is 0 Å². The summed E-state index contributed by atoms with van der Waals surface area (Å²) in [4.78, 5) is 33.5. The number of hydrogen-bond donors (Lipinski definition) is 1. The number of hydrogen-bond acceptors (Lipinski definition) is 4. The summed E-state index contributed by atoms with van der Waals surface area (Å²) >= 11 is 1.52. The van der Waals surface area contributed by atoms with E-state index in [4.69, 9.17) is 0 Å². The van der Waals surface area contributed by atoms with E-state index < -0.39 is 0 Å². The largest absolute Gasteiger partial charge is 0.342 e. The zero-order valence-corrected chi connectivity index (χ0v) is 17.3. The number of nitrogens with zero attached hydrogens (tertiary/aromatic N) is 2. The molecule has 148 valence electrons. The van der Waals surface area contributed by atoms with Gasteiger partial charge in [0.05, 0.1) is 11.6 Å². The van der Waals surface area contributed by atoms with Gasteiger partial charge >= 0.3 is 0 Å². The third kappa shape index (κ3) is 3.97. The van der Waals surface area contributed by atoms with E-state index in [1.807, 2.05) is 36.1 Å². The summed E-state index contributed by atoms with van der Waals surface area (Å²) in [6.07, 6.45) is 5.08. The van der Waals surface area contributed by atoms with Gasteiger partial charge in [0.1, 0.15) is 0 Å². The molecule has 0 saturated carbocycles. The third-order valence-corrected chi connectivity index (χ3v) is 6.80. The zero-order valence-electron chi connectivity index (χ0n) is 16.5. The number of anilines is 1. The van der Waals surface area contributed by atoms with E-state index in [0.717, 1.165) is 54.9 Å². The minimum absolute atomic E-state index is 0.154. The maximum Gasteiger partial charge on any atom is 0.257 e. The fraction of sp³-hybridized carbons (Fsp3) is 0.500. The second kappa shape index (κ2) is 8.03. The fourth-order valence-electron chi connectivity index (χ4n) is 4.20. The highest BCUT2D eigenvalue weighted by Crippen LogP contribution is 2.38. The van der Waals surface area contributed by atoms with Crippen molar-refractivity contribution in [1.29, 1.82) is 0 Å². The van der Waals surface area contributed by atoms with Crippen molar-refractivity contribution in [2.24, 2.45) is 5.92 Å². The van der Waals surface area contributed by atoms with Crippen LogP contribution in [0.2, 0.25) is 0 Å². The van der Waals surface area contributed by atoms with Crippen LogP contribution in [-0.2, 0) is 11.2 Å². The molecule has 1 aromatic heterocycles. The quantitative estimate of drug-likeness (QED) is 0.836. The number of aromatic nitrogens is 1. The van der Waals surface area contributed by atoms with Gasteiger partial charge in [-0.05, 0) is 57.1 Å². The molecule has 0 bridgehead atoms. The second-order valence-corrected chi connectivity index (χ2v) is 9.21. The summed E-state index contributed by atoms with van der Waals surface area (Å²) < 4.78 is 0. The smallest absolute Gasteiger partial charge is 0.257 e. The van der Waals surface area contributed by atoms with E-state index in [1.54, 1.807) is 0 Å². The number of benzene rings is 1. The Kier molecular flexibility index (Phi) is 5.49. The minimum Gasteiger partial charge on any atom is -0.342 e. The highest BCUT2D eigenvalue weighted by molar-refractivity contribution is 7.15. The molecule has 6 heteroatoms. The number of piperidine rings is 1. The van der Waals surface area contributed by atoms with Crippen molar-refractivity contribution < 1.29 is 9.59 Å². The van der Waals surface area contributed by atoms with Gasteiger partial charge in [-0.15, -0.1) is 11.3 Å². The second-order valence-electron chi connectivity index (χ2n) is 8.12. The highest BCUT2D eigenvalue weighted by Gasteiger charge is 2.34. The number of rotatable bonds is 3. The number of likely N-dealkylation sites (tertiary alicyclic amines) is 1. The number of thiazole rings is 1. The summed E-state index contributed by atoms with van der Waals surface area (Å²) in [5.41, 5.74) is 2.63. The monoisotopic (exact) mass is 397 g/mol. The van der Waals surface area contributed by atoms with Crippen molar-refractivity contribution in [2.75, 3.05) is 18.4 Å². The number of aryl methyl sites for hydroxylation is 2. The molecule has 1 N–H and O–H groups in total. The SMILES string of the molecule is Cc1ccc(C(=O)Nc2nc3c(s2)CCCC3C(=O)N2CCCC(C)C2)cc1. The molecule has 0 radical (unpaired) electrons. The van der Waals surface area contributed by atoms with Gasteiger partial charge in [-0.2, -0.15) is 0 Å². The van der Waals surface area contributed by atoms with Gasteiger partial charge in [-0.1, -0.05) is 24.6 Å². The van der Waals surface area contributed by atoms with Gasteiger partial charge in [0, 0.05) is 23.5 Å². The average molecular weight is 398 g/mol. The molecule has 1 aliphatic heterocycles. The number of nitrogens with one attached hydrogen (secondary N) is 1. The van der Waals surface area contributed by atoms with Gasteiger partial charge < -0.3 is 4.90 Å². The minimum atomic E-state index is -0.157. The molecule has 2 aliphatic rings. The summed E-state index contributed by atoms with van der Waals surface area (Å²) in [6, 6.07) is 7.50. The molecule has 2 aromatic rings. The normalized spacial score (nSPS) is 21.9. The summed E-state index contributed by atoms with van der Waals surface area (Å²) in [6.45, 7) is 5.92. The molecule has 2 unspecified atom stereocenters. The molecule has 5 nitrogen and oxygen atoms in total. The summed E-state index contributed by atoms with van der Waals surface area (Å²) in [7, 11) is 0. The zero-order chi connectivity index (χ0) is 19.7. The van der Waals surface area contributed by atoms with Gasteiger partial charge in [0.25, 0.3) is 5.91 Å². The van der Waals surface area contributed by atoms with Crippen LogP contribution < -0.4 is 5.32 Å². The molecule has 2 atom stereocenters. The summed E-state index contributed by atoms with van der Waals surface area (Å²) in [5.74, 6) is 0.476. The lowest BCUT2D eigenvalue weighted by Gasteiger charge is -2.34. The Labute approximate surface area is 170 Å².